The Balaban J connectivity index is 1.16. The summed E-state index contributed by atoms with van der Waals surface area (Å²) in [5.41, 5.74) is 24.2. The molecule has 0 amide bonds. The molecule has 340 valence electrons. The van der Waals surface area contributed by atoms with E-state index >= 15 is 0 Å². The molecule has 4 unspecified atom stereocenters. The summed E-state index contributed by atoms with van der Waals surface area (Å²) >= 11 is 0. The van der Waals surface area contributed by atoms with Gasteiger partial charge in [0.2, 0.25) is 0 Å². The monoisotopic (exact) mass is 888 g/mol. The zero-order valence-corrected chi connectivity index (χ0v) is 42.0. The predicted molar refractivity (Wildman–Crippen MR) is 289 cm³/mol. The number of rotatable bonds is 3. The van der Waals surface area contributed by atoms with E-state index in [9.17, 15) is 0 Å². The van der Waals surface area contributed by atoms with E-state index in [1.165, 1.54) is 120 Å². The molecule has 13 rings (SSSR count). The third kappa shape index (κ3) is 5.33. The number of aryl methyl sites for hydroxylation is 1. The van der Waals surface area contributed by atoms with Crippen molar-refractivity contribution >= 4 is 62.9 Å². The maximum absolute atomic E-state index is 2.89. The molecule has 0 N–H and O–H groups in total. The van der Waals surface area contributed by atoms with E-state index in [2.05, 4.69) is 230 Å². The minimum Gasteiger partial charge on any atom is -0.334 e. The van der Waals surface area contributed by atoms with Crippen LogP contribution in [0.15, 0.2) is 146 Å². The van der Waals surface area contributed by atoms with Gasteiger partial charge in [-0.2, -0.15) is 0 Å². The summed E-state index contributed by atoms with van der Waals surface area (Å²) < 4.78 is 0. The van der Waals surface area contributed by atoms with Crippen molar-refractivity contribution in [1.29, 1.82) is 0 Å². The SMILES string of the molecule is CC(C)(C)c1cccc(N2c3cc(C(C)(C)C)ccc3B3c4cccc5c4N(c4cc(N6c7ccc(-c8ccccc8)cc7C7(C)CCCCC67C)cc2c43)C2(C)c3ccccc3CCC52C)c1. The molecular weight excluding hydrogens is 822 g/mol. The Hall–Kier alpha value is -6.00. The minimum absolute atomic E-state index is 0.0120. The van der Waals surface area contributed by atoms with E-state index < -0.39 is 0 Å². The highest BCUT2D eigenvalue weighted by molar-refractivity contribution is 7.00. The molecule has 0 saturated heterocycles. The normalized spacial score (nSPS) is 25.0. The number of hydrogen-bond acceptors (Lipinski definition) is 3. The first kappa shape index (κ1) is 42.1. The van der Waals surface area contributed by atoms with Gasteiger partial charge in [-0.05, 0) is 154 Å². The zero-order chi connectivity index (χ0) is 46.9. The fraction of sp³-hybridized carbons (Fsp3) is 0.344. The molecule has 0 bridgehead atoms. The molecule has 4 heterocycles. The van der Waals surface area contributed by atoms with Crippen LogP contribution in [0.4, 0.5) is 39.8 Å². The molecule has 4 heteroatoms. The summed E-state index contributed by atoms with van der Waals surface area (Å²) in [5, 5.41) is 0. The fourth-order valence-corrected chi connectivity index (χ4v) is 14.8. The Kier molecular flexibility index (Phi) is 8.57. The molecular formula is C64H66BN3. The van der Waals surface area contributed by atoms with Crippen LogP contribution in [0.3, 0.4) is 0 Å². The zero-order valence-electron chi connectivity index (χ0n) is 42.0. The van der Waals surface area contributed by atoms with Crippen LogP contribution in [0.25, 0.3) is 11.1 Å². The molecule has 1 fully saturated rings. The standard InChI is InChI=1S/C64H66BN3/c1-59(2,3)44-23-18-24-46(37-44)66-54-38-45(60(4,5)6)29-30-51(54)65-52-27-19-26-49-58(52)68(64(10)48-25-15-14-22-42(48)32-35-62(49,64)8)56-40-47(39-55(66)57(56)65)67-53-31-28-43(41-20-12-11-13-21-41)36-50(53)61(7)33-16-17-34-63(61,67)9/h11-15,18-31,36-40H,16-17,32-35H2,1-10H3. The average Bonchev–Trinajstić information content (AvgIpc) is 3.68. The highest BCUT2D eigenvalue weighted by Crippen LogP contribution is 2.66. The second-order valence-electron chi connectivity index (χ2n) is 24.4. The van der Waals surface area contributed by atoms with Gasteiger partial charge in [0.15, 0.2) is 0 Å². The molecule has 6 aliphatic rings. The lowest BCUT2D eigenvalue weighted by Gasteiger charge is -2.54. The number of para-hydroxylation sites is 1. The quantitative estimate of drug-likeness (QED) is 0.164. The van der Waals surface area contributed by atoms with Crippen molar-refractivity contribution in [2.24, 2.45) is 0 Å². The highest BCUT2D eigenvalue weighted by Gasteiger charge is 2.64. The topological polar surface area (TPSA) is 9.72 Å². The van der Waals surface area contributed by atoms with Gasteiger partial charge in [-0.1, -0.05) is 171 Å². The molecule has 0 spiro atoms. The van der Waals surface area contributed by atoms with Crippen LogP contribution in [0.2, 0.25) is 0 Å². The van der Waals surface area contributed by atoms with Crippen molar-refractivity contribution in [1.82, 2.24) is 0 Å². The maximum Gasteiger partial charge on any atom is 0.252 e. The largest absolute Gasteiger partial charge is 0.334 e. The summed E-state index contributed by atoms with van der Waals surface area (Å²) in [5.74, 6) is 0. The summed E-state index contributed by atoms with van der Waals surface area (Å²) in [7, 11) is 0. The second kappa shape index (κ2) is 13.8. The highest BCUT2D eigenvalue weighted by atomic mass is 15.3. The number of fused-ring (bicyclic) bond motifs is 12. The Labute approximate surface area is 406 Å². The smallest absolute Gasteiger partial charge is 0.252 e. The molecule has 2 aliphatic carbocycles. The summed E-state index contributed by atoms with van der Waals surface area (Å²) in [6.45, 7) is 24.6. The van der Waals surface area contributed by atoms with Crippen molar-refractivity contribution in [3.8, 4) is 11.1 Å². The average molecular weight is 888 g/mol. The Morgan fingerprint density at radius 1 is 0.471 bits per heavy atom. The third-order valence-corrected chi connectivity index (χ3v) is 18.9. The van der Waals surface area contributed by atoms with E-state index in [-0.39, 0.29) is 39.5 Å². The van der Waals surface area contributed by atoms with Gasteiger partial charge in [-0.15, -0.1) is 0 Å². The minimum atomic E-state index is -0.318. The van der Waals surface area contributed by atoms with Gasteiger partial charge in [0.05, 0.1) is 11.1 Å². The summed E-state index contributed by atoms with van der Waals surface area (Å²) in [6.07, 6.45) is 6.99. The molecule has 7 aromatic carbocycles. The van der Waals surface area contributed by atoms with Crippen LogP contribution in [-0.4, -0.2) is 12.3 Å². The Morgan fingerprint density at radius 2 is 1.18 bits per heavy atom. The van der Waals surface area contributed by atoms with Gasteiger partial charge in [-0.25, -0.2) is 0 Å². The van der Waals surface area contributed by atoms with Crippen LogP contribution in [0.1, 0.15) is 135 Å². The first-order chi connectivity index (χ1) is 32.5. The fourth-order valence-electron chi connectivity index (χ4n) is 14.8. The van der Waals surface area contributed by atoms with Gasteiger partial charge < -0.3 is 14.7 Å². The van der Waals surface area contributed by atoms with Crippen molar-refractivity contribution < 1.29 is 0 Å². The lowest BCUT2D eigenvalue weighted by molar-refractivity contribution is 0.195. The van der Waals surface area contributed by atoms with E-state index in [1.807, 2.05) is 0 Å². The van der Waals surface area contributed by atoms with Gasteiger partial charge >= 0.3 is 0 Å². The number of nitrogens with zero attached hydrogens (tertiary/aromatic N) is 3. The first-order valence-corrected chi connectivity index (χ1v) is 25.7. The molecule has 68 heavy (non-hydrogen) atoms. The Bertz CT molecular complexity index is 3260. The van der Waals surface area contributed by atoms with Gasteiger partial charge in [0, 0.05) is 50.6 Å². The van der Waals surface area contributed by atoms with Crippen LogP contribution < -0.4 is 31.1 Å². The molecule has 3 nitrogen and oxygen atoms in total. The van der Waals surface area contributed by atoms with E-state index in [4.69, 9.17) is 0 Å². The number of benzene rings is 7. The molecule has 4 atom stereocenters. The van der Waals surface area contributed by atoms with Crippen LogP contribution >= 0.6 is 0 Å². The Morgan fingerprint density at radius 3 is 1.97 bits per heavy atom. The first-order valence-electron chi connectivity index (χ1n) is 25.7. The predicted octanol–water partition coefficient (Wildman–Crippen LogP) is 14.6. The number of anilines is 7. The molecule has 4 aliphatic heterocycles. The summed E-state index contributed by atoms with van der Waals surface area (Å²) in [4.78, 5) is 8.43. The second-order valence-corrected chi connectivity index (χ2v) is 24.4. The van der Waals surface area contributed by atoms with E-state index in [0.29, 0.717) is 0 Å². The lowest BCUT2D eigenvalue weighted by Crippen LogP contribution is -2.64. The van der Waals surface area contributed by atoms with Gasteiger partial charge in [-0.3, -0.25) is 0 Å². The molecule has 1 saturated carbocycles. The molecule has 7 aromatic rings. The van der Waals surface area contributed by atoms with Gasteiger partial charge in [0.1, 0.15) is 0 Å². The lowest BCUT2D eigenvalue weighted by atomic mass is 9.33. The van der Waals surface area contributed by atoms with E-state index in [1.54, 1.807) is 0 Å². The van der Waals surface area contributed by atoms with Crippen molar-refractivity contribution in [2.45, 2.75) is 141 Å². The third-order valence-electron chi connectivity index (χ3n) is 18.9. The molecule has 0 aromatic heterocycles. The summed E-state index contributed by atoms with van der Waals surface area (Å²) in [6, 6.07) is 57.6. The van der Waals surface area contributed by atoms with Crippen LogP contribution in [0, 0.1) is 0 Å². The van der Waals surface area contributed by atoms with Gasteiger partial charge in [0.25, 0.3) is 6.71 Å². The van der Waals surface area contributed by atoms with Crippen LogP contribution in [-0.2, 0) is 33.6 Å². The van der Waals surface area contributed by atoms with Crippen molar-refractivity contribution in [3.63, 3.8) is 0 Å². The number of hydrogen-bond donors (Lipinski definition) is 0. The van der Waals surface area contributed by atoms with Crippen molar-refractivity contribution in [2.75, 3.05) is 14.7 Å². The maximum atomic E-state index is 2.89. The molecule has 0 radical (unpaired) electrons. The van der Waals surface area contributed by atoms with Crippen molar-refractivity contribution in [3.05, 3.63) is 179 Å². The van der Waals surface area contributed by atoms with Crippen LogP contribution in [0.5, 0.6) is 0 Å². The van der Waals surface area contributed by atoms with E-state index in [0.717, 1.165) is 19.3 Å².